The van der Waals surface area contributed by atoms with Crippen LogP contribution in [0.25, 0.3) is 0 Å². The molecule has 2 amide bonds. The number of likely N-dealkylation sites (tertiary alicyclic amines) is 1. The minimum absolute atomic E-state index is 0.121. The Hall–Kier alpha value is -1.68. The molecule has 1 saturated carbocycles. The summed E-state index contributed by atoms with van der Waals surface area (Å²) in [6.45, 7) is 2.73. The maximum absolute atomic E-state index is 12.4. The first-order valence-electron chi connectivity index (χ1n) is 9.45. The van der Waals surface area contributed by atoms with E-state index in [0.717, 1.165) is 24.9 Å². The van der Waals surface area contributed by atoms with E-state index < -0.39 is 0 Å². The monoisotopic (exact) mass is 326 g/mol. The molecule has 4 heteroatoms. The van der Waals surface area contributed by atoms with E-state index in [1.807, 2.05) is 12.1 Å². The minimum atomic E-state index is -0.121. The highest BCUT2D eigenvalue weighted by molar-refractivity contribution is 6.21. The maximum Gasteiger partial charge on any atom is 0.261 e. The van der Waals surface area contributed by atoms with Gasteiger partial charge in [0.05, 0.1) is 11.1 Å². The van der Waals surface area contributed by atoms with E-state index in [0.29, 0.717) is 17.7 Å². The van der Waals surface area contributed by atoms with Crippen LogP contribution >= 0.6 is 0 Å². The zero-order valence-electron chi connectivity index (χ0n) is 14.2. The fraction of sp³-hybridized carbons (Fsp3) is 0.600. The lowest BCUT2D eigenvalue weighted by Crippen LogP contribution is -2.47. The molecule has 2 fully saturated rings. The van der Waals surface area contributed by atoms with E-state index in [1.165, 1.54) is 50.0 Å². The number of fused-ring (bicyclic) bond motifs is 2. The van der Waals surface area contributed by atoms with E-state index in [1.54, 1.807) is 12.1 Å². The molecule has 128 valence electrons. The summed E-state index contributed by atoms with van der Waals surface area (Å²) < 4.78 is 0. The SMILES string of the molecule is O=C1c2ccccc2C(=O)N1CCCN1CCCC2CCCCC21. The second-order valence-corrected chi connectivity index (χ2v) is 7.45. The van der Waals surface area contributed by atoms with Crippen LogP contribution in [-0.2, 0) is 0 Å². The summed E-state index contributed by atoms with van der Waals surface area (Å²) in [6.07, 6.45) is 9.04. The second-order valence-electron chi connectivity index (χ2n) is 7.45. The number of carbonyl (C=O) groups excluding carboxylic acids is 2. The van der Waals surface area contributed by atoms with Crippen LogP contribution in [0.5, 0.6) is 0 Å². The Balaban J connectivity index is 1.35. The highest BCUT2D eigenvalue weighted by atomic mass is 16.2. The first-order valence-corrected chi connectivity index (χ1v) is 9.45. The van der Waals surface area contributed by atoms with Crippen molar-refractivity contribution in [2.24, 2.45) is 5.92 Å². The van der Waals surface area contributed by atoms with Gasteiger partial charge >= 0.3 is 0 Å². The third kappa shape index (κ3) is 2.77. The van der Waals surface area contributed by atoms with Gasteiger partial charge < -0.3 is 4.90 Å². The van der Waals surface area contributed by atoms with Gasteiger partial charge in [-0.3, -0.25) is 14.5 Å². The van der Waals surface area contributed by atoms with Crippen LogP contribution in [0.4, 0.5) is 0 Å². The summed E-state index contributed by atoms with van der Waals surface area (Å²) in [7, 11) is 0. The van der Waals surface area contributed by atoms with Crippen LogP contribution in [-0.4, -0.2) is 47.3 Å². The van der Waals surface area contributed by atoms with E-state index >= 15 is 0 Å². The quantitative estimate of drug-likeness (QED) is 0.797. The lowest BCUT2D eigenvalue weighted by atomic mass is 9.78. The van der Waals surface area contributed by atoms with Crippen LogP contribution in [0.3, 0.4) is 0 Å². The number of hydrogen-bond donors (Lipinski definition) is 0. The van der Waals surface area contributed by atoms with Crippen molar-refractivity contribution < 1.29 is 9.59 Å². The smallest absolute Gasteiger partial charge is 0.261 e. The van der Waals surface area contributed by atoms with E-state index in [2.05, 4.69) is 4.90 Å². The molecule has 1 aliphatic carbocycles. The second kappa shape index (κ2) is 6.67. The molecule has 1 aromatic rings. The van der Waals surface area contributed by atoms with Gasteiger partial charge in [-0.25, -0.2) is 0 Å². The van der Waals surface area contributed by atoms with Gasteiger partial charge in [-0.1, -0.05) is 25.0 Å². The van der Waals surface area contributed by atoms with Gasteiger partial charge in [0.1, 0.15) is 0 Å². The van der Waals surface area contributed by atoms with Gasteiger partial charge in [-0.15, -0.1) is 0 Å². The van der Waals surface area contributed by atoms with E-state index in [4.69, 9.17) is 0 Å². The average molecular weight is 326 g/mol. The lowest BCUT2D eigenvalue weighted by molar-refractivity contribution is 0.0528. The van der Waals surface area contributed by atoms with Crippen molar-refractivity contribution in [3.63, 3.8) is 0 Å². The molecule has 1 aromatic carbocycles. The molecule has 2 unspecified atom stereocenters. The summed E-state index contributed by atoms with van der Waals surface area (Å²) in [6, 6.07) is 7.91. The number of amides is 2. The van der Waals surface area contributed by atoms with Gasteiger partial charge in [-0.2, -0.15) is 0 Å². The number of benzene rings is 1. The molecule has 24 heavy (non-hydrogen) atoms. The van der Waals surface area contributed by atoms with Crippen LogP contribution in [0, 0.1) is 5.92 Å². The van der Waals surface area contributed by atoms with Crippen molar-refractivity contribution in [3.05, 3.63) is 35.4 Å². The summed E-state index contributed by atoms with van der Waals surface area (Å²) in [5, 5.41) is 0. The molecule has 4 nitrogen and oxygen atoms in total. The highest BCUT2D eigenvalue weighted by Gasteiger charge is 2.36. The molecular formula is C20H26N2O2. The number of rotatable bonds is 4. The standard InChI is InChI=1S/C20H26N2O2/c23-19-16-9-2-3-10-17(16)20(24)22(19)14-6-13-21-12-5-8-15-7-1-4-11-18(15)21/h2-3,9-10,15,18H,1,4-8,11-14H2. The Labute approximate surface area is 143 Å². The first-order chi connectivity index (χ1) is 11.8. The molecule has 2 aliphatic heterocycles. The van der Waals surface area contributed by atoms with Crippen LogP contribution in [0.1, 0.15) is 65.7 Å². The lowest BCUT2D eigenvalue weighted by Gasteiger charge is -2.44. The summed E-state index contributed by atoms with van der Waals surface area (Å²) in [5.41, 5.74) is 1.13. The van der Waals surface area contributed by atoms with Gasteiger partial charge in [-0.05, 0) is 56.7 Å². The summed E-state index contributed by atoms with van der Waals surface area (Å²) in [4.78, 5) is 28.9. The highest BCUT2D eigenvalue weighted by Crippen LogP contribution is 2.35. The first kappa shape index (κ1) is 15.8. The van der Waals surface area contributed by atoms with Crippen molar-refractivity contribution >= 4 is 11.8 Å². The van der Waals surface area contributed by atoms with Crippen molar-refractivity contribution in [3.8, 4) is 0 Å². The van der Waals surface area contributed by atoms with E-state index in [9.17, 15) is 9.59 Å². The Bertz CT molecular complexity index is 605. The molecule has 0 N–H and O–H groups in total. The van der Waals surface area contributed by atoms with Crippen molar-refractivity contribution in [2.75, 3.05) is 19.6 Å². The predicted octanol–water partition coefficient (Wildman–Crippen LogP) is 3.33. The number of nitrogens with zero attached hydrogens (tertiary/aromatic N) is 2. The molecule has 0 radical (unpaired) electrons. The average Bonchev–Trinajstić information content (AvgIpc) is 2.87. The molecule has 0 spiro atoms. The van der Waals surface area contributed by atoms with Gasteiger partial charge in [0.2, 0.25) is 0 Å². The van der Waals surface area contributed by atoms with Gasteiger partial charge in [0.25, 0.3) is 11.8 Å². The Morgan fingerprint density at radius 1 is 0.875 bits per heavy atom. The third-order valence-corrected chi connectivity index (χ3v) is 6.06. The minimum Gasteiger partial charge on any atom is -0.300 e. The third-order valence-electron chi connectivity index (χ3n) is 6.06. The number of hydrogen-bond acceptors (Lipinski definition) is 3. The van der Waals surface area contributed by atoms with Crippen molar-refractivity contribution in [1.29, 1.82) is 0 Å². The Kier molecular flexibility index (Phi) is 4.40. The van der Waals surface area contributed by atoms with Crippen LogP contribution in [0.15, 0.2) is 24.3 Å². The molecule has 2 heterocycles. The summed E-state index contributed by atoms with van der Waals surface area (Å²) in [5.74, 6) is 0.640. The molecule has 0 aromatic heterocycles. The number of imide groups is 1. The molecule has 1 saturated heterocycles. The molecule has 2 atom stereocenters. The summed E-state index contributed by atoms with van der Waals surface area (Å²) >= 11 is 0. The fourth-order valence-electron chi connectivity index (χ4n) is 4.88. The molecule has 0 bridgehead atoms. The van der Waals surface area contributed by atoms with Crippen molar-refractivity contribution in [2.45, 2.75) is 51.0 Å². The largest absolute Gasteiger partial charge is 0.300 e. The van der Waals surface area contributed by atoms with Crippen LogP contribution < -0.4 is 0 Å². The number of carbonyl (C=O) groups is 2. The van der Waals surface area contributed by atoms with Crippen molar-refractivity contribution in [1.82, 2.24) is 9.80 Å². The van der Waals surface area contributed by atoms with Crippen LogP contribution in [0.2, 0.25) is 0 Å². The van der Waals surface area contributed by atoms with E-state index in [-0.39, 0.29) is 11.8 Å². The molecular weight excluding hydrogens is 300 g/mol. The Morgan fingerprint density at radius 3 is 2.29 bits per heavy atom. The van der Waals surface area contributed by atoms with Gasteiger partial charge in [0.15, 0.2) is 0 Å². The Morgan fingerprint density at radius 2 is 1.54 bits per heavy atom. The fourth-order valence-corrected chi connectivity index (χ4v) is 4.88. The number of piperidine rings is 1. The predicted molar refractivity (Wildman–Crippen MR) is 93.0 cm³/mol. The zero-order valence-corrected chi connectivity index (χ0v) is 14.2. The topological polar surface area (TPSA) is 40.6 Å². The van der Waals surface area contributed by atoms with Gasteiger partial charge in [0, 0.05) is 19.1 Å². The normalized spacial score (nSPS) is 27.2. The molecule has 3 aliphatic rings. The molecule has 4 rings (SSSR count). The zero-order chi connectivity index (χ0) is 16.5. The maximum atomic E-state index is 12.4.